The molecule has 3 rings (SSSR count). The number of carbonyl (C=O) groups is 1. The van der Waals surface area contributed by atoms with Crippen LogP contribution in [0.3, 0.4) is 0 Å². The second kappa shape index (κ2) is 6.80. The fourth-order valence-electron chi connectivity index (χ4n) is 2.20. The Bertz CT molecular complexity index is 860. The summed E-state index contributed by atoms with van der Waals surface area (Å²) in [4.78, 5) is 12.0. The molecule has 2 aromatic carbocycles. The molecular formula is C20H15BrO2. The number of benzene rings is 2. The smallest absolute Gasteiger partial charge is 0.185 e. The Morgan fingerprint density at radius 2 is 1.83 bits per heavy atom. The van der Waals surface area contributed by atoms with Crippen LogP contribution in [-0.4, -0.2) is 5.78 Å². The SMILES string of the molecule is Cc1ccc(-c2ccc(/C=C/C(=O)c3ccccc3)o2)cc1Br. The first kappa shape index (κ1) is 15.5. The van der Waals surface area contributed by atoms with Crippen LogP contribution < -0.4 is 0 Å². The molecule has 23 heavy (non-hydrogen) atoms. The predicted molar refractivity (Wildman–Crippen MR) is 96.4 cm³/mol. The van der Waals surface area contributed by atoms with Gasteiger partial charge in [-0.15, -0.1) is 0 Å². The maximum Gasteiger partial charge on any atom is 0.185 e. The molecule has 0 atom stereocenters. The Kier molecular flexibility index (Phi) is 4.58. The fraction of sp³-hybridized carbons (Fsp3) is 0.0500. The molecule has 1 aromatic heterocycles. The van der Waals surface area contributed by atoms with E-state index in [1.807, 2.05) is 55.5 Å². The van der Waals surface area contributed by atoms with Crippen LogP contribution in [0, 0.1) is 6.92 Å². The molecule has 0 radical (unpaired) electrons. The van der Waals surface area contributed by atoms with Crippen LogP contribution in [0.15, 0.2) is 75.6 Å². The molecule has 0 aliphatic heterocycles. The highest BCUT2D eigenvalue weighted by atomic mass is 79.9. The zero-order valence-corrected chi connectivity index (χ0v) is 14.2. The third-order valence-corrected chi connectivity index (χ3v) is 4.39. The molecule has 2 nitrogen and oxygen atoms in total. The fourth-order valence-corrected chi connectivity index (χ4v) is 2.58. The molecule has 0 saturated carbocycles. The summed E-state index contributed by atoms with van der Waals surface area (Å²) in [5.41, 5.74) is 2.84. The highest BCUT2D eigenvalue weighted by molar-refractivity contribution is 9.10. The van der Waals surface area contributed by atoms with Crippen molar-refractivity contribution in [2.24, 2.45) is 0 Å². The van der Waals surface area contributed by atoms with Gasteiger partial charge in [0, 0.05) is 15.6 Å². The van der Waals surface area contributed by atoms with E-state index in [9.17, 15) is 4.79 Å². The zero-order valence-electron chi connectivity index (χ0n) is 12.6. The number of ketones is 1. The molecule has 0 aliphatic rings. The lowest BCUT2D eigenvalue weighted by molar-refractivity contribution is 0.104. The van der Waals surface area contributed by atoms with Crippen molar-refractivity contribution < 1.29 is 9.21 Å². The molecule has 3 aromatic rings. The average Bonchev–Trinajstić information content (AvgIpc) is 3.05. The second-order valence-electron chi connectivity index (χ2n) is 5.23. The van der Waals surface area contributed by atoms with Crippen LogP contribution in [0.25, 0.3) is 17.4 Å². The normalized spacial score (nSPS) is 11.0. The van der Waals surface area contributed by atoms with Gasteiger partial charge in [-0.2, -0.15) is 0 Å². The quantitative estimate of drug-likeness (QED) is 0.424. The van der Waals surface area contributed by atoms with Crippen molar-refractivity contribution in [1.82, 2.24) is 0 Å². The number of carbonyl (C=O) groups excluding carboxylic acids is 1. The van der Waals surface area contributed by atoms with Crippen molar-refractivity contribution in [3.05, 3.63) is 88.1 Å². The molecule has 0 unspecified atom stereocenters. The first-order valence-corrected chi connectivity index (χ1v) is 8.06. The zero-order chi connectivity index (χ0) is 16.2. The average molecular weight is 367 g/mol. The van der Waals surface area contributed by atoms with Gasteiger partial charge in [-0.25, -0.2) is 0 Å². The highest BCUT2D eigenvalue weighted by Gasteiger charge is 2.06. The molecule has 0 spiro atoms. The van der Waals surface area contributed by atoms with Crippen molar-refractivity contribution in [3.8, 4) is 11.3 Å². The van der Waals surface area contributed by atoms with Crippen molar-refractivity contribution in [3.63, 3.8) is 0 Å². The van der Waals surface area contributed by atoms with E-state index >= 15 is 0 Å². The first-order valence-electron chi connectivity index (χ1n) is 7.27. The minimum absolute atomic E-state index is 0.0402. The Hall–Kier alpha value is -2.39. The summed E-state index contributed by atoms with van der Waals surface area (Å²) in [5.74, 6) is 1.39. The maximum absolute atomic E-state index is 12.0. The highest BCUT2D eigenvalue weighted by Crippen LogP contribution is 2.27. The number of allylic oxidation sites excluding steroid dienone is 1. The molecule has 114 valence electrons. The number of hydrogen-bond acceptors (Lipinski definition) is 2. The second-order valence-corrected chi connectivity index (χ2v) is 6.08. The van der Waals surface area contributed by atoms with Gasteiger partial charge in [-0.1, -0.05) is 58.4 Å². The summed E-state index contributed by atoms with van der Waals surface area (Å²) in [6.45, 7) is 2.04. The molecule has 0 N–H and O–H groups in total. The Morgan fingerprint density at radius 3 is 2.57 bits per heavy atom. The van der Waals surface area contributed by atoms with E-state index in [1.165, 1.54) is 11.6 Å². The Balaban J connectivity index is 1.78. The molecule has 0 fully saturated rings. The summed E-state index contributed by atoms with van der Waals surface area (Å²) in [6, 6.07) is 19.0. The number of rotatable bonds is 4. The van der Waals surface area contributed by atoms with Crippen LogP contribution in [-0.2, 0) is 0 Å². The maximum atomic E-state index is 12.0. The number of furan rings is 1. The van der Waals surface area contributed by atoms with Gasteiger partial charge in [0.1, 0.15) is 11.5 Å². The monoisotopic (exact) mass is 366 g/mol. The van der Waals surface area contributed by atoms with E-state index in [1.54, 1.807) is 18.2 Å². The van der Waals surface area contributed by atoms with E-state index in [0.717, 1.165) is 15.8 Å². The van der Waals surface area contributed by atoms with Crippen molar-refractivity contribution in [2.75, 3.05) is 0 Å². The summed E-state index contributed by atoms with van der Waals surface area (Å²) in [6.07, 6.45) is 3.23. The van der Waals surface area contributed by atoms with Crippen LogP contribution in [0.4, 0.5) is 0 Å². The summed E-state index contributed by atoms with van der Waals surface area (Å²) in [5, 5.41) is 0. The van der Waals surface area contributed by atoms with E-state index in [-0.39, 0.29) is 5.78 Å². The summed E-state index contributed by atoms with van der Waals surface area (Å²) in [7, 11) is 0. The van der Waals surface area contributed by atoms with Gasteiger partial charge in [0.05, 0.1) is 0 Å². The van der Waals surface area contributed by atoms with E-state index in [2.05, 4.69) is 15.9 Å². The molecule has 0 aliphatic carbocycles. The lowest BCUT2D eigenvalue weighted by Crippen LogP contribution is -1.92. The van der Waals surface area contributed by atoms with Crippen molar-refractivity contribution in [2.45, 2.75) is 6.92 Å². The van der Waals surface area contributed by atoms with E-state index in [0.29, 0.717) is 11.3 Å². The molecule has 3 heteroatoms. The Labute approximate surface area is 143 Å². The van der Waals surface area contributed by atoms with Crippen LogP contribution in [0.1, 0.15) is 21.7 Å². The van der Waals surface area contributed by atoms with Gasteiger partial charge in [-0.3, -0.25) is 4.79 Å². The largest absolute Gasteiger partial charge is 0.457 e. The van der Waals surface area contributed by atoms with Gasteiger partial charge < -0.3 is 4.42 Å². The number of halogens is 1. The van der Waals surface area contributed by atoms with E-state index in [4.69, 9.17) is 4.42 Å². The van der Waals surface area contributed by atoms with Crippen LogP contribution >= 0.6 is 15.9 Å². The van der Waals surface area contributed by atoms with Crippen LogP contribution in [0.2, 0.25) is 0 Å². The summed E-state index contributed by atoms with van der Waals surface area (Å²) >= 11 is 3.53. The first-order chi connectivity index (χ1) is 11.1. The standard InChI is InChI=1S/C20H15BrO2/c1-14-7-8-16(13-18(14)21)20-12-10-17(23-20)9-11-19(22)15-5-3-2-4-6-15/h2-13H,1H3/b11-9+. The van der Waals surface area contributed by atoms with Gasteiger partial charge in [0.2, 0.25) is 0 Å². The van der Waals surface area contributed by atoms with Gasteiger partial charge >= 0.3 is 0 Å². The number of hydrogen-bond donors (Lipinski definition) is 0. The minimum atomic E-state index is -0.0402. The van der Waals surface area contributed by atoms with Gasteiger partial charge in [-0.05, 0) is 42.8 Å². The van der Waals surface area contributed by atoms with E-state index < -0.39 is 0 Å². The topological polar surface area (TPSA) is 30.2 Å². The molecular weight excluding hydrogens is 352 g/mol. The molecule has 1 heterocycles. The lowest BCUT2D eigenvalue weighted by atomic mass is 10.1. The molecule has 0 saturated heterocycles. The van der Waals surface area contributed by atoms with Crippen molar-refractivity contribution >= 4 is 27.8 Å². The minimum Gasteiger partial charge on any atom is -0.457 e. The summed E-state index contributed by atoms with van der Waals surface area (Å²) < 4.78 is 6.84. The molecule has 0 bridgehead atoms. The van der Waals surface area contributed by atoms with Gasteiger partial charge in [0.25, 0.3) is 0 Å². The van der Waals surface area contributed by atoms with Gasteiger partial charge in [0.15, 0.2) is 5.78 Å². The lowest BCUT2D eigenvalue weighted by Gasteiger charge is -2.01. The molecule has 0 amide bonds. The van der Waals surface area contributed by atoms with Crippen LogP contribution in [0.5, 0.6) is 0 Å². The third-order valence-electron chi connectivity index (χ3n) is 3.54. The van der Waals surface area contributed by atoms with Crippen molar-refractivity contribution in [1.29, 1.82) is 0 Å². The third kappa shape index (κ3) is 3.69. The Morgan fingerprint density at radius 1 is 1.04 bits per heavy atom. The number of aryl methyl sites for hydroxylation is 1. The predicted octanol–water partition coefficient (Wildman–Crippen LogP) is 5.91.